The average Bonchev–Trinajstić information content (AvgIpc) is 3.57. The van der Waals surface area contributed by atoms with Crippen molar-refractivity contribution in [1.82, 2.24) is 24.8 Å². The van der Waals surface area contributed by atoms with Gasteiger partial charge in [0.05, 0.1) is 31.9 Å². The summed E-state index contributed by atoms with van der Waals surface area (Å²) in [6.07, 6.45) is 2.28. The lowest BCUT2D eigenvalue weighted by molar-refractivity contribution is -0.136. The van der Waals surface area contributed by atoms with Gasteiger partial charge in [-0.3, -0.25) is 14.9 Å². The zero-order valence-electron chi connectivity index (χ0n) is 27.3. The van der Waals surface area contributed by atoms with Gasteiger partial charge in [0.15, 0.2) is 17.0 Å². The van der Waals surface area contributed by atoms with E-state index in [0.717, 1.165) is 16.7 Å². The molecule has 11 heteroatoms. The molecule has 0 spiro atoms. The average molecular weight is 671 g/mol. The lowest BCUT2D eigenvalue weighted by atomic mass is 9.77. The molecule has 0 unspecified atom stereocenters. The predicted molar refractivity (Wildman–Crippen MR) is 188 cm³/mol. The molecule has 50 heavy (non-hydrogen) atoms. The van der Waals surface area contributed by atoms with Crippen molar-refractivity contribution in [2.45, 2.75) is 24.9 Å². The maximum absolute atomic E-state index is 16.1. The summed E-state index contributed by atoms with van der Waals surface area (Å²) >= 11 is 0. The topological polar surface area (TPSA) is 131 Å². The monoisotopic (exact) mass is 670 g/mol. The van der Waals surface area contributed by atoms with Crippen LogP contribution in [0.3, 0.4) is 0 Å². The number of benzene rings is 4. The van der Waals surface area contributed by atoms with E-state index in [4.69, 9.17) is 4.74 Å². The summed E-state index contributed by atoms with van der Waals surface area (Å²) in [5.74, 6) is -1.25. The molecule has 10 nitrogen and oxygen atoms in total. The smallest absolute Gasteiger partial charge is 0.307 e. The second-order valence-electron chi connectivity index (χ2n) is 11.6. The standard InChI is InChI=1S/C39H35FN6O4/c1-50-32-19-17-31(18-20-32)39(29-13-7-3-8-14-29,30-15-9-4-10-16-30)44-22-21-28(23-34(47)48)33(40)24-46-26-43-35-36(41-25-42-37(35)46)45-38(49)27-11-5-2-6-12-27/h2-20,25-26,44H,21-24H2,1H3,(H,47,48)(H,41,42,45,49)/b33-28-. The fourth-order valence-corrected chi connectivity index (χ4v) is 6.05. The summed E-state index contributed by atoms with van der Waals surface area (Å²) < 4.78 is 23.0. The van der Waals surface area contributed by atoms with E-state index in [2.05, 4.69) is 25.6 Å². The molecule has 2 aromatic heterocycles. The Morgan fingerprint density at radius 2 is 1.42 bits per heavy atom. The number of aromatic nitrogens is 4. The van der Waals surface area contributed by atoms with Crippen LogP contribution in [-0.2, 0) is 16.9 Å². The van der Waals surface area contributed by atoms with Crippen LogP contribution in [0.15, 0.2) is 139 Å². The number of hydrogen-bond donors (Lipinski definition) is 3. The highest BCUT2D eigenvalue weighted by Crippen LogP contribution is 2.38. The Balaban J connectivity index is 1.29. The number of methoxy groups -OCH3 is 1. The van der Waals surface area contributed by atoms with Crippen LogP contribution < -0.4 is 15.4 Å². The molecule has 0 aliphatic rings. The van der Waals surface area contributed by atoms with E-state index in [0.29, 0.717) is 11.3 Å². The van der Waals surface area contributed by atoms with E-state index < -0.39 is 23.8 Å². The molecule has 6 aromatic rings. The van der Waals surface area contributed by atoms with E-state index in [1.807, 2.05) is 91.0 Å². The van der Waals surface area contributed by atoms with Crippen LogP contribution >= 0.6 is 0 Å². The molecule has 4 aromatic carbocycles. The van der Waals surface area contributed by atoms with Crippen molar-refractivity contribution in [3.05, 3.63) is 162 Å². The summed E-state index contributed by atoms with van der Waals surface area (Å²) in [6.45, 7) is -0.0580. The number of carbonyl (C=O) groups excluding carboxylic acids is 1. The molecule has 0 radical (unpaired) electrons. The van der Waals surface area contributed by atoms with Gasteiger partial charge in [0.25, 0.3) is 5.91 Å². The molecular weight excluding hydrogens is 635 g/mol. The van der Waals surface area contributed by atoms with Crippen molar-refractivity contribution in [1.29, 1.82) is 0 Å². The van der Waals surface area contributed by atoms with Gasteiger partial charge in [-0.25, -0.2) is 19.3 Å². The Morgan fingerprint density at radius 1 is 0.820 bits per heavy atom. The Bertz CT molecular complexity index is 2060. The van der Waals surface area contributed by atoms with Crippen molar-refractivity contribution >= 4 is 28.9 Å². The van der Waals surface area contributed by atoms with E-state index in [1.54, 1.807) is 31.4 Å². The Labute approximate surface area is 288 Å². The highest BCUT2D eigenvalue weighted by atomic mass is 19.1. The number of ether oxygens (including phenoxy) is 1. The maximum atomic E-state index is 16.1. The highest BCUT2D eigenvalue weighted by molar-refractivity contribution is 6.06. The molecule has 0 atom stereocenters. The molecule has 0 saturated carbocycles. The van der Waals surface area contributed by atoms with Gasteiger partial charge in [-0.05, 0) is 52.9 Å². The van der Waals surface area contributed by atoms with Crippen LogP contribution in [0.4, 0.5) is 10.2 Å². The lowest BCUT2D eigenvalue weighted by Crippen LogP contribution is -2.45. The fourth-order valence-electron chi connectivity index (χ4n) is 6.05. The third-order valence-corrected chi connectivity index (χ3v) is 8.48. The number of carboxylic acid groups (broad SMARTS) is 1. The van der Waals surface area contributed by atoms with Crippen molar-refractivity contribution in [2.24, 2.45) is 0 Å². The second-order valence-corrected chi connectivity index (χ2v) is 11.6. The van der Waals surface area contributed by atoms with Gasteiger partial charge in [-0.15, -0.1) is 0 Å². The van der Waals surface area contributed by atoms with Crippen molar-refractivity contribution in [2.75, 3.05) is 19.0 Å². The van der Waals surface area contributed by atoms with E-state index >= 15 is 4.39 Å². The molecule has 6 rings (SSSR count). The third-order valence-electron chi connectivity index (χ3n) is 8.48. The first-order valence-corrected chi connectivity index (χ1v) is 16.0. The van der Waals surface area contributed by atoms with Crippen LogP contribution in [0.25, 0.3) is 11.2 Å². The molecule has 0 aliphatic heterocycles. The normalized spacial score (nSPS) is 12.0. The van der Waals surface area contributed by atoms with Gasteiger partial charge in [0, 0.05) is 12.1 Å². The first kappa shape index (κ1) is 33.7. The summed E-state index contributed by atoms with van der Waals surface area (Å²) in [6, 6.07) is 36.3. The number of fused-ring (bicyclic) bond motifs is 1. The molecule has 0 bridgehead atoms. The van der Waals surface area contributed by atoms with Gasteiger partial charge < -0.3 is 19.7 Å². The minimum absolute atomic E-state index is 0.107. The van der Waals surface area contributed by atoms with Crippen molar-refractivity contribution in [3.8, 4) is 5.75 Å². The Hall–Kier alpha value is -6.20. The molecule has 0 saturated heterocycles. The SMILES string of the molecule is COc1ccc(C(NCC/C(CC(=O)O)=C(/F)Cn2cnc3c(NC(=O)c4ccccc4)ncnc32)(c2ccccc2)c2ccccc2)cc1. The first-order chi connectivity index (χ1) is 24.4. The number of rotatable bonds is 14. The third kappa shape index (κ3) is 7.27. The lowest BCUT2D eigenvalue weighted by Gasteiger charge is -2.37. The molecular formula is C39H35FN6O4. The van der Waals surface area contributed by atoms with E-state index in [1.165, 1.54) is 17.2 Å². The summed E-state index contributed by atoms with van der Waals surface area (Å²) in [7, 11) is 1.61. The maximum Gasteiger partial charge on any atom is 0.307 e. The van der Waals surface area contributed by atoms with Crippen LogP contribution in [0.2, 0.25) is 0 Å². The first-order valence-electron chi connectivity index (χ1n) is 16.0. The predicted octanol–water partition coefficient (Wildman–Crippen LogP) is 6.76. The quantitative estimate of drug-likeness (QED) is 0.108. The van der Waals surface area contributed by atoms with E-state index in [-0.39, 0.29) is 48.0 Å². The number of nitrogens with one attached hydrogen (secondary N) is 2. The number of aliphatic carboxylic acids is 1. The second kappa shape index (κ2) is 15.3. The zero-order chi connectivity index (χ0) is 34.9. The van der Waals surface area contributed by atoms with Crippen molar-refractivity contribution < 1.29 is 23.8 Å². The molecule has 3 N–H and O–H groups in total. The van der Waals surface area contributed by atoms with Crippen LogP contribution in [0.5, 0.6) is 5.75 Å². The van der Waals surface area contributed by atoms with Crippen LogP contribution in [0.1, 0.15) is 39.9 Å². The molecule has 0 aliphatic carbocycles. The number of amides is 1. The Kier molecular flexibility index (Phi) is 10.3. The number of carbonyl (C=O) groups is 2. The van der Waals surface area contributed by atoms with Gasteiger partial charge >= 0.3 is 5.97 Å². The number of carboxylic acids is 1. The van der Waals surface area contributed by atoms with Gasteiger partial charge in [-0.2, -0.15) is 0 Å². The number of anilines is 1. The number of allylic oxidation sites excluding steroid dienone is 1. The Morgan fingerprint density at radius 3 is 2.02 bits per heavy atom. The molecule has 2 heterocycles. The van der Waals surface area contributed by atoms with E-state index in [9.17, 15) is 14.7 Å². The van der Waals surface area contributed by atoms with Crippen LogP contribution in [-0.4, -0.2) is 50.2 Å². The minimum Gasteiger partial charge on any atom is -0.497 e. The van der Waals surface area contributed by atoms with Gasteiger partial charge in [-0.1, -0.05) is 91.0 Å². The van der Waals surface area contributed by atoms with Gasteiger partial charge in [0.2, 0.25) is 0 Å². The molecule has 1 amide bonds. The zero-order valence-corrected chi connectivity index (χ0v) is 27.3. The largest absolute Gasteiger partial charge is 0.497 e. The summed E-state index contributed by atoms with van der Waals surface area (Å²) in [5.41, 5.74) is 3.13. The van der Waals surface area contributed by atoms with Crippen molar-refractivity contribution in [3.63, 3.8) is 0 Å². The number of hydrogen-bond acceptors (Lipinski definition) is 7. The minimum atomic E-state index is -1.15. The highest BCUT2D eigenvalue weighted by Gasteiger charge is 2.36. The number of halogens is 1. The van der Waals surface area contributed by atoms with Crippen LogP contribution in [0, 0.1) is 0 Å². The van der Waals surface area contributed by atoms with Gasteiger partial charge in [0.1, 0.15) is 17.9 Å². The summed E-state index contributed by atoms with van der Waals surface area (Å²) in [5, 5.41) is 16.2. The number of imidazole rings is 1. The number of nitrogens with zero attached hydrogens (tertiary/aromatic N) is 4. The molecule has 252 valence electrons. The fraction of sp³-hybridized carbons (Fsp3) is 0.154. The molecule has 0 fully saturated rings. The summed E-state index contributed by atoms with van der Waals surface area (Å²) in [4.78, 5) is 37.5.